The van der Waals surface area contributed by atoms with Crippen molar-refractivity contribution in [1.29, 1.82) is 0 Å². The summed E-state index contributed by atoms with van der Waals surface area (Å²) >= 11 is 3.47. The highest BCUT2D eigenvalue weighted by atomic mass is 79.9. The molecule has 0 radical (unpaired) electrons. The molecule has 30 heavy (non-hydrogen) atoms. The molecular formula is C24H29BrN2O3. The lowest BCUT2D eigenvalue weighted by atomic mass is 9.98. The van der Waals surface area contributed by atoms with Gasteiger partial charge >= 0.3 is 0 Å². The number of likely N-dealkylation sites (tertiary alicyclic amines) is 1. The zero-order chi connectivity index (χ0) is 21.8. The number of nitrogens with one attached hydrogen (secondary N) is 1. The van der Waals surface area contributed by atoms with Crippen LogP contribution in [0.1, 0.15) is 48.2 Å². The van der Waals surface area contributed by atoms with Crippen LogP contribution < -0.4 is 10.1 Å². The number of ether oxygens (including phenoxy) is 1. The van der Waals surface area contributed by atoms with Gasteiger partial charge in [0.1, 0.15) is 5.75 Å². The lowest BCUT2D eigenvalue weighted by molar-refractivity contribution is -0.122. The molecule has 1 saturated heterocycles. The predicted octanol–water partition coefficient (Wildman–Crippen LogP) is 5.34. The Morgan fingerprint density at radius 3 is 2.23 bits per heavy atom. The number of anilines is 1. The highest BCUT2D eigenvalue weighted by Crippen LogP contribution is 2.28. The maximum Gasteiger partial charge on any atom is 0.265 e. The molecule has 1 atom stereocenters. The van der Waals surface area contributed by atoms with Crippen molar-refractivity contribution in [2.24, 2.45) is 5.92 Å². The third-order valence-electron chi connectivity index (χ3n) is 5.56. The van der Waals surface area contributed by atoms with Crippen LogP contribution in [0, 0.1) is 19.8 Å². The molecule has 160 valence electrons. The molecule has 5 nitrogen and oxygen atoms in total. The van der Waals surface area contributed by atoms with Crippen molar-refractivity contribution < 1.29 is 14.3 Å². The summed E-state index contributed by atoms with van der Waals surface area (Å²) < 4.78 is 6.90. The predicted molar refractivity (Wildman–Crippen MR) is 123 cm³/mol. The van der Waals surface area contributed by atoms with Gasteiger partial charge in [0.05, 0.1) is 0 Å². The zero-order valence-corrected chi connectivity index (χ0v) is 19.6. The molecule has 2 aromatic carbocycles. The fraction of sp³-hybridized carbons (Fsp3) is 0.417. The van der Waals surface area contributed by atoms with Crippen molar-refractivity contribution in [3.8, 4) is 5.75 Å². The van der Waals surface area contributed by atoms with E-state index in [0.29, 0.717) is 17.2 Å². The molecule has 1 unspecified atom stereocenters. The largest absolute Gasteiger partial charge is 0.480 e. The molecule has 1 N–H and O–H groups in total. The van der Waals surface area contributed by atoms with Crippen molar-refractivity contribution in [1.82, 2.24) is 4.90 Å². The third kappa shape index (κ3) is 5.42. The Morgan fingerprint density at radius 1 is 1.10 bits per heavy atom. The Labute approximate surface area is 186 Å². The van der Waals surface area contributed by atoms with Gasteiger partial charge in [0.15, 0.2) is 6.10 Å². The van der Waals surface area contributed by atoms with Gasteiger partial charge in [-0.05, 0) is 87.1 Å². The molecule has 1 aliphatic rings. The number of aryl methyl sites for hydroxylation is 2. The number of piperidine rings is 1. The van der Waals surface area contributed by atoms with Crippen LogP contribution in [-0.2, 0) is 4.79 Å². The van der Waals surface area contributed by atoms with Gasteiger partial charge in [-0.15, -0.1) is 0 Å². The Kier molecular flexibility index (Phi) is 7.19. The van der Waals surface area contributed by atoms with Crippen LogP contribution in [0.15, 0.2) is 40.9 Å². The fourth-order valence-electron chi connectivity index (χ4n) is 3.65. The Hall–Kier alpha value is -2.34. The van der Waals surface area contributed by atoms with Crippen LogP contribution in [0.3, 0.4) is 0 Å². The molecule has 0 saturated carbocycles. The number of benzene rings is 2. The standard InChI is InChI=1S/C24H29BrN2O3/c1-15-9-11-27(12-10-15)24(29)19-5-7-21(8-6-19)26-23(28)18(4)30-22-16(2)13-20(25)14-17(22)3/h5-8,13-15,18H,9-12H2,1-4H3,(H,26,28). The first kappa shape index (κ1) is 22.3. The molecular weight excluding hydrogens is 444 g/mol. The summed E-state index contributed by atoms with van der Waals surface area (Å²) in [5.74, 6) is 1.22. The monoisotopic (exact) mass is 472 g/mol. The van der Waals surface area contributed by atoms with E-state index in [-0.39, 0.29) is 11.8 Å². The minimum Gasteiger partial charge on any atom is -0.480 e. The Bertz CT molecular complexity index is 896. The third-order valence-corrected chi connectivity index (χ3v) is 6.02. The Balaban J connectivity index is 1.59. The van der Waals surface area contributed by atoms with E-state index in [1.54, 1.807) is 31.2 Å². The van der Waals surface area contributed by atoms with Crippen molar-refractivity contribution in [2.75, 3.05) is 18.4 Å². The van der Waals surface area contributed by atoms with E-state index in [1.165, 1.54) is 0 Å². The molecule has 1 heterocycles. The van der Waals surface area contributed by atoms with E-state index >= 15 is 0 Å². The van der Waals surface area contributed by atoms with E-state index < -0.39 is 6.10 Å². The van der Waals surface area contributed by atoms with E-state index in [0.717, 1.165) is 47.3 Å². The van der Waals surface area contributed by atoms with Gasteiger partial charge in [-0.1, -0.05) is 22.9 Å². The normalized spacial score (nSPS) is 15.6. The molecule has 0 aromatic heterocycles. The number of hydrogen-bond acceptors (Lipinski definition) is 3. The van der Waals surface area contributed by atoms with E-state index in [2.05, 4.69) is 28.2 Å². The number of halogens is 1. The number of carbonyl (C=O) groups is 2. The number of rotatable bonds is 5. The van der Waals surface area contributed by atoms with Gasteiger partial charge < -0.3 is 15.0 Å². The molecule has 1 aliphatic heterocycles. The van der Waals surface area contributed by atoms with Crippen molar-refractivity contribution in [3.63, 3.8) is 0 Å². The van der Waals surface area contributed by atoms with Crippen molar-refractivity contribution >= 4 is 33.4 Å². The number of hydrogen-bond donors (Lipinski definition) is 1. The van der Waals surface area contributed by atoms with E-state index in [4.69, 9.17) is 4.74 Å². The van der Waals surface area contributed by atoms with Gasteiger partial charge in [-0.2, -0.15) is 0 Å². The lowest BCUT2D eigenvalue weighted by Crippen LogP contribution is -2.37. The number of amides is 2. The molecule has 1 fully saturated rings. The minimum atomic E-state index is -0.653. The molecule has 2 amide bonds. The molecule has 0 aliphatic carbocycles. The highest BCUT2D eigenvalue weighted by molar-refractivity contribution is 9.10. The second-order valence-corrected chi connectivity index (χ2v) is 9.09. The molecule has 2 aromatic rings. The SMILES string of the molecule is Cc1cc(Br)cc(C)c1OC(C)C(=O)Nc1ccc(C(=O)N2CCC(C)CC2)cc1. The number of nitrogens with zero attached hydrogens (tertiary/aromatic N) is 1. The summed E-state index contributed by atoms with van der Waals surface area (Å²) in [4.78, 5) is 27.1. The summed E-state index contributed by atoms with van der Waals surface area (Å²) in [7, 11) is 0. The second-order valence-electron chi connectivity index (χ2n) is 8.17. The summed E-state index contributed by atoms with van der Waals surface area (Å²) in [6.07, 6.45) is 1.45. The number of carbonyl (C=O) groups excluding carboxylic acids is 2. The van der Waals surface area contributed by atoms with Gasteiger partial charge in [0.25, 0.3) is 11.8 Å². The van der Waals surface area contributed by atoms with Gasteiger partial charge in [-0.3, -0.25) is 9.59 Å². The van der Waals surface area contributed by atoms with Crippen LogP contribution >= 0.6 is 15.9 Å². The fourth-order valence-corrected chi connectivity index (χ4v) is 4.33. The van der Waals surface area contributed by atoms with Gasteiger partial charge in [0, 0.05) is 28.8 Å². The maximum atomic E-state index is 12.7. The van der Waals surface area contributed by atoms with Crippen molar-refractivity contribution in [2.45, 2.75) is 46.6 Å². The van der Waals surface area contributed by atoms with E-state index in [9.17, 15) is 9.59 Å². The quantitative estimate of drug-likeness (QED) is 0.638. The first-order valence-corrected chi connectivity index (χ1v) is 11.2. The van der Waals surface area contributed by atoms with Crippen LogP contribution in [0.2, 0.25) is 0 Å². The first-order valence-electron chi connectivity index (χ1n) is 10.4. The second kappa shape index (κ2) is 9.65. The topological polar surface area (TPSA) is 58.6 Å². The first-order chi connectivity index (χ1) is 14.2. The van der Waals surface area contributed by atoms with Gasteiger partial charge in [0.2, 0.25) is 0 Å². The van der Waals surface area contributed by atoms with Crippen LogP contribution in [0.25, 0.3) is 0 Å². The summed E-state index contributed by atoms with van der Waals surface area (Å²) in [6, 6.07) is 11.0. The average molecular weight is 473 g/mol. The van der Waals surface area contributed by atoms with E-state index in [1.807, 2.05) is 30.9 Å². The van der Waals surface area contributed by atoms with Crippen molar-refractivity contribution in [3.05, 3.63) is 57.6 Å². The maximum absolute atomic E-state index is 12.7. The highest BCUT2D eigenvalue weighted by Gasteiger charge is 2.22. The summed E-state index contributed by atoms with van der Waals surface area (Å²) in [5.41, 5.74) is 3.23. The minimum absolute atomic E-state index is 0.0534. The molecule has 6 heteroatoms. The van der Waals surface area contributed by atoms with Crippen LogP contribution in [-0.4, -0.2) is 35.9 Å². The van der Waals surface area contributed by atoms with Crippen LogP contribution in [0.4, 0.5) is 5.69 Å². The molecule has 0 spiro atoms. The molecule has 3 rings (SSSR count). The summed E-state index contributed by atoms with van der Waals surface area (Å²) in [5, 5.41) is 2.87. The summed E-state index contributed by atoms with van der Waals surface area (Å²) in [6.45, 7) is 9.48. The smallest absolute Gasteiger partial charge is 0.265 e. The van der Waals surface area contributed by atoms with Gasteiger partial charge in [-0.25, -0.2) is 0 Å². The van der Waals surface area contributed by atoms with Crippen LogP contribution in [0.5, 0.6) is 5.75 Å². The Morgan fingerprint density at radius 2 is 1.67 bits per heavy atom. The zero-order valence-electron chi connectivity index (χ0n) is 18.0. The lowest BCUT2D eigenvalue weighted by Gasteiger charge is -2.30. The molecule has 0 bridgehead atoms. The average Bonchev–Trinajstić information content (AvgIpc) is 2.71.